The maximum absolute atomic E-state index is 12.2. The van der Waals surface area contributed by atoms with Gasteiger partial charge in [0.05, 0.1) is 12.2 Å². The molecule has 1 aromatic rings. The van der Waals surface area contributed by atoms with Gasteiger partial charge in [-0.25, -0.2) is 4.79 Å². The molecule has 142 valence electrons. The van der Waals surface area contributed by atoms with E-state index >= 15 is 0 Å². The summed E-state index contributed by atoms with van der Waals surface area (Å²) in [5.41, 5.74) is 1.10. The van der Waals surface area contributed by atoms with Crippen molar-refractivity contribution >= 4 is 34.9 Å². The molecular weight excluding hydrogens is 350 g/mol. The third kappa shape index (κ3) is 5.42. The Morgan fingerprint density at radius 2 is 2.00 bits per heavy atom. The van der Waals surface area contributed by atoms with Crippen LogP contribution >= 0.6 is 12.2 Å². The van der Waals surface area contributed by atoms with E-state index in [4.69, 9.17) is 17.0 Å². The molecule has 1 aromatic carbocycles. The summed E-state index contributed by atoms with van der Waals surface area (Å²) in [7, 11) is 0. The van der Waals surface area contributed by atoms with E-state index in [2.05, 4.69) is 36.3 Å². The van der Waals surface area contributed by atoms with E-state index in [1.807, 2.05) is 0 Å². The van der Waals surface area contributed by atoms with Crippen molar-refractivity contribution in [1.82, 2.24) is 10.2 Å². The van der Waals surface area contributed by atoms with Crippen LogP contribution in [-0.4, -0.2) is 46.6 Å². The summed E-state index contributed by atoms with van der Waals surface area (Å²) in [5, 5.41) is 6.86. The van der Waals surface area contributed by atoms with Crippen molar-refractivity contribution in [2.45, 2.75) is 52.1 Å². The Kier molecular flexibility index (Phi) is 6.58. The molecule has 1 fully saturated rings. The predicted octanol–water partition coefficient (Wildman–Crippen LogP) is 2.94. The molecule has 2 N–H and O–H groups in total. The third-order valence-corrected chi connectivity index (χ3v) is 4.64. The molecule has 0 aromatic heterocycles. The highest BCUT2D eigenvalue weighted by atomic mass is 32.1. The van der Waals surface area contributed by atoms with Gasteiger partial charge < -0.3 is 20.3 Å². The van der Waals surface area contributed by atoms with Crippen LogP contribution in [0.5, 0.6) is 0 Å². The standard InChI is InChI=1S/C19H27N3O3S/c1-5-25-17(24)14-6-8-15(9-7-14)20-16(23)10-11-22-13(2)12-19(3,4)21-18(22)26/h6-9,13H,5,10-12H2,1-4H3,(H,20,23)(H,21,26)/t13-/m1/s1. The first kappa shape index (κ1) is 20.2. The number of rotatable bonds is 6. The summed E-state index contributed by atoms with van der Waals surface area (Å²) in [6.45, 7) is 9.04. The number of benzene rings is 1. The summed E-state index contributed by atoms with van der Waals surface area (Å²) in [5.74, 6) is -0.456. The first-order chi connectivity index (χ1) is 12.2. The van der Waals surface area contributed by atoms with E-state index in [9.17, 15) is 9.59 Å². The summed E-state index contributed by atoms with van der Waals surface area (Å²) in [6.07, 6.45) is 1.30. The fourth-order valence-corrected chi connectivity index (χ4v) is 3.68. The zero-order valence-corrected chi connectivity index (χ0v) is 16.6. The van der Waals surface area contributed by atoms with E-state index in [0.717, 1.165) is 6.42 Å². The van der Waals surface area contributed by atoms with Gasteiger partial charge in [-0.1, -0.05) is 0 Å². The Morgan fingerprint density at radius 3 is 2.58 bits per heavy atom. The number of ether oxygens (including phenoxy) is 1. The van der Waals surface area contributed by atoms with Crippen LogP contribution in [-0.2, 0) is 9.53 Å². The zero-order chi connectivity index (χ0) is 19.3. The molecule has 2 rings (SSSR count). The smallest absolute Gasteiger partial charge is 0.338 e. The number of hydrogen-bond donors (Lipinski definition) is 2. The lowest BCUT2D eigenvalue weighted by molar-refractivity contribution is -0.116. The van der Waals surface area contributed by atoms with Gasteiger partial charge in [-0.05, 0) is 70.6 Å². The maximum Gasteiger partial charge on any atom is 0.338 e. The molecule has 0 radical (unpaired) electrons. The second-order valence-electron chi connectivity index (χ2n) is 7.16. The van der Waals surface area contributed by atoms with Gasteiger partial charge in [-0.2, -0.15) is 0 Å². The Morgan fingerprint density at radius 1 is 1.35 bits per heavy atom. The quantitative estimate of drug-likeness (QED) is 0.587. The topological polar surface area (TPSA) is 70.7 Å². The van der Waals surface area contributed by atoms with Crippen molar-refractivity contribution in [2.24, 2.45) is 0 Å². The highest BCUT2D eigenvalue weighted by Gasteiger charge is 2.32. The van der Waals surface area contributed by atoms with E-state index < -0.39 is 0 Å². The largest absolute Gasteiger partial charge is 0.462 e. The average Bonchev–Trinajstić information content (AvgIpc) is 2.53. The molecular formula is C19H27N3O3S. The van der Waals surface area contributed by atoms with Crippen LogP contribution in [0.3, 0.4) is 0 Å². The van der Waals surface area contributed by atoms with Gasteiger partial charge >= 0.3 is 5.97 Å². The lowest BCUT2D eigenvalue weighted by atomic mass is 9.93. The molecule has 1 aliphatic heterocycles. The van der Waals surface area contributed by atoms with Gasteiger partial charge in [0.2, 0.25) is 5.91 Å². The molecule has 1 amide bonds. The summed E-state index contributed by atoms with van der Waals surface area (Å²) >= 11 is 5.43. The molecule has 0 saturated carbocycles. The van der Waals surface area contributed by atoms with E-state index in [1.165, 1.54) is 0 Å². The zero-order valence-electron chi connectivity index (χ0n) is 15.8. The Labute approximate surface area is 160 Å². The number of nitrogens with zero attached hydrogens (tertiary/aromatic N) is 1. The number of carbonyl (C=O) groups is 2. The number of amides is 1. The van der Waals surface area contributed by atoms with Crippen molar-refractivity contribution in [3.05, 3.63) is 29.8 Å². The number of nitrogens with one attached hydrogen (secondary N) is 2. The van der Waals surface area contributed by atoms with Crippen molar-refractivity contribution < 1.29 is 14.3 Å². The molecule has 0 unspecified atom stereocenters. The van der Waals surface area contributed by atoms with Crippen LogP contribution in [0.25, 0.3) is 0 Å². The monoisotopic (exact) mass is 377 g/mol. The molecule has 1 atom stereocenters. The van der Waals surface area contributed by atoms with Gasteiger partial charge in [0.1, 0.15) is 0 Å². The first-order valence-electron chi connectivity index (χ1n) is 8.87. The minimum absolute atomic E-state index is 0.0179. The molecule has 6 nitrogen and oxygen atoms in total. The van der Waals surface area contributed by atoms with Crippen molar-refractivity contribution in [1.29, 1.82) is 0 Å². The molecule has 1 aliphatic rings. The van der Waals surface area contributed by atoms with Crippen molar-refractivity contribution in [3.63, 3.8) is 0 Å². The van der Waals surface area contributed by atoms with Crippen LogP contribution in [0.4, 0.5) is 5.69 Å². The number of carbonyl (C=O) groups excluding carboxylic acids is 2. The number of anilines is 1. The normalized spacial score (nSPS) is 18.8. The van der Waals surface area contributed by atoms with Gasteiger partial charge in [-0.15, -0.1) is 0 Å². The van der Waals surface area contributed by atoms with E-state index in [0.29, 0.717) is 35.9 Å². The Hall–Kier alpha value is -2.15. The van der Waals surface area contributed by atoms with E-state index in [-0.39, 0.29) is 23.5 Å². The lowest BCUT2D eigenvalue weighted by Crippen LogP contribution is -2.60. The molecule has 0 bridgehead atoms. The van der Waals surface area contributed by atoms with Gasteiger partial charge in [0, 0.05) is 30.2 Å². The number of esters is 1. The fourth-order valence-electron chi connectivity index (χ4n) is 3.13. The molecule has 0 spiro atoms. The highest BCUT2D eigenvalue weighted by Crippen LogP contribution is 2.22. The van der Waals surface area contributed by atoms with Crippen molar-refractivity contribution in [3.8, 4) is 0 Å². The second-order valence-corrected chi connectivity index (χ2v) is 7.54. The predicted molar refractivity (Wildman–Crippen MR) is 106 cm³/mol. The van der Waals surface area contributed by atoms with Crippen LogP contribution in [0.1, 0.15) is 50.9 Å². The van der Waals surface area contributed by atoms with Gasteiger partial charge in [0.15, 0.2) is 5.11 Å². The first-order valence-corrected chi connectivity index (χ1v) is 9.28. The van der Waals surface area contributed by atoms with Gasteiger partial charge in [0.25, 0.3) is 0 Å². The van der Waals surface area contributed by atoms with Gasteiger partial charge in [-0.3, -0.25) is 4.79 Å². The third-order valence-electron chi connectivity index (χ3n) is 4.30. The summed E-state index contributed by atoms with van der Waals surface area (Å²) < 4.78 is 4.94. The number of hydrogen-bond acceptors (Lipinski definition) is 4. The Balaban J connectivity index is 1.85. The average molecular weight is 378 g/mol. The van der Waals surface area contributed by atoms with Crippen molar-refractivity contribution in [2.75, 3.05) is 18.5 Å². The van der Waals surface area contributed by atoms with E-state index in [1.54, 1.807) is 31.2 Å². The SMILES string of the molecule is CCOC(=O)c1ccc(NC(=O)CCN2C(=S)NC(C)(C)C[C@H]2C)cc1. The highest BCUT2D eigenvalue weighted by molar-refractivity contribution is 7.80. The molecule has 0 aliphatic carbocycles. The minimum Gasteiger partial charge on any atom is -0.462 e. The maximum atomic E-state index is 12.2. The molecule has 1 saturated heterocycles. The molecule has 26 heavy (non-hydrogen) atoms. The van der Waals surface area contributed by atoms with Crippen LogP contribution in [0.2, 0.25) is 0 Å². The lowest BCUT2D eigenvalue weighted by Gasteiger charge is -2.44. The van der Waals surface area contributed by atoms with Crippen LogP contribution in [0, 0.1) is 0 Å². The Bertz CT molecular complexity index is 673. The van der Waals surface area contributed by atoms with Crippen LogP contribution in [0.15, 0.2) is 24.3 Å². The summed E-state index contributed by atoms with van der Waals surface area (Å²) in [4.78, 5) is 25.9. The minimum atomic E-state index is -0.367. The molecule has 1 heterocycles. The second kappa shape index (κ2) is 8.49. The fraction of sp³-hybridized carbons (Fsp3) is 0.526. The molecule has 7 heteroatoms. The number of thiocarbonyl (C=S) groups is 1. The summed E-state index contributed by atoms with van der Waals surface area (Å²) in [6, 6.07) is 6.96. The van der Waals surface area contributed by atoms with Crippen LogP contribution < -0.4 is 10.6 Å².